The third-order valence-electron chi connectivity index (χ3n) is 5.19. The fraction of sp³-hybridized carbons (Fsp3) is 0.0833. The number of anilines is 1. The van der Waals surface area contributed by atoms with E-state index in [0.29, 0.717) is 21.8 Å². The van der Waals surface area contributed by atoms with Crippen LogP contribution >= 0.6 is 23.8 Å². The second-order valence-electron chi connectivity index (χ2n) is 7.35. The minimum absolute atomic E-state index is 0.0143. The van der Waals surface area contributed by atoms with Crippen LogP contribution < -0.4 is 4.90 Å². The molecule has 0 saturated carbocycles. The molecule has 1 aliphatic rings. The summed E-state index contributed by atoms with van der Waals surface area (Å²) in [5.74, 6) is -1.55. The molecule has 4 rings (SSSR count). The van der Waals surface area contributed by atoms with E-state index >= 15 is 0 Å². The van der Waals surface area contributed by atoms with Gasteiger partial charge in [0.15, 0.2) is 0 Å². The van der Waals surface area contributed by atoms with Crippen molar-refractivity contribution in [1.82, 2.24) is 4.90 Å². The number of amides is 3. The van der Waals surface area contributed by atoms with Gasteiger partial charge in [0.2, 0.25) is 0 Å². The molecule has 3 amide bonds. The van der Waals surface area contributed by atoms with E-state index in [-0.39, 0.29) is 29.6 Å². The number of nitro benzene ring substituents is 1. The van der Waals surface area contributed by atoms with Crippen molar-refractivity contribution in [2.75, 3.05) is 18.1 Å². The number of rotatable bonds is 6. The summed E-state index contributed by atoms with van der Waals surface area (Å²) in [5.41, 5.74) is 0.689. The number of halogens is 1. The Kier molecular flexibility index (Phi) is 6.85. The van der Waals surface area contributed by atoms with Gasteiger partial charge in [-0.3, -0.25) is 29.4 Å². The van der Waals surface area contributed by atoms with Gasteiger partial charge in [0.05, 0.1) is 28.3 Å². The first-order valence-electron chi connectivity index (χ1n) is 10.2. The first kappa shape index (κ1) is 24.0. The highest BCUT2D eigenvalue weighted by atomic mass is 35.5. The Morgan fingerprint density at radius 3 is 2.23 bits per heavy atom. The summed E-state index contributed by atoms with van der Waals surface area (Å²) in [5, 5.41) is 11.3. The smallest absolute Gasteiger partial charge is 0.271 e. The van der Waals surface area contributed by atoms with Crippen LogP contribution in [0.15, 0.2) is 72.8 Å². The van der Waals surface area contributed by atoms with E-state index in [0.717, 1.165) is 15.9 Å². The van der Waals surface area contributed by atoms with Gasteiger partial charge in [0.1, 0.15) is 6.61 Å². The van der Waals surface area contributed by atoms with Gasteiger partial charge >= 0.3 is 0 Å². The van der Waals surface area contributed by atoms with Crippen LogP contribution in [-0.4, -0.2) is 45.9 Å². The fourth-order valence-electron chi connectivity index (χ4n) is 3.51. The molecular formula is C24H16ClN3O6S. The number of thiocarbonyl (C=S) groups is 1. The largest absolute Gasteiger partial charge is 0.468 e. The second kappa shape index (κ2) is 10.00. The topological polar surface area (TPSA) is 110 Å². The van der Waals surface area contributed by atoms with Crippen LogP contribution in [0.1, 0.15) is 31.1 Å². The van der Waals surface area contributed by atoms with Crippen LogP contribution in [0.4, 0.5) is 11.4 Å². The van der Waals surface area contributed by atoms with Crippen molar-refractivity contribution in [3.05, 3.63) is 105 Å². The average Bonchev–Trinajstić information content (AvgIpc) is 3.10. The summed E-state index contributed by atoms with van der Waals surface area (Å²) >= 11 is 11.3. The van der Waals surface area contributed by atoms with Crippen LogP contribution in [-0.2, 0) is 4.74 Å². The minimum Gasteiger partial charge on any atom is -0.468 e. The van der Waals surface area contributed by atoms with E-state index in [2.05, 4.69) is 0 Å². The van der Waals surface area contributed by atoms with Crippen molar-refractivity contribution in [3.8, 4) is 0 Å². The summed E-state index contributed by atoms with van der Waals surface area (Å²) in [6, 6.07) is 17.9. The van der Waals surface area contributed by atoms with Gasteiger partial charge < -0.3 is 4.74 Å². The Labute approximate surface area is 209 Å². The van der Waals surface area contributed by atoms with Gasteiger partial charge in [-0.2, -0.15) is 0 Å². The lowest BCUT2D eigenvalue weighted by Gasteiger charge is -2.24. The molecule has 0 saturated heterocycles. The minimum atomic E-state index is -0.665. The number of non-ortho nitro benzene ring substituents is 1. The number of nitrogens with zero attached hydrogens (tertiary/aromatic N) is 3. The molecule has 9 nitrogen and oxygen atoms in total. The van der Waals surface area contributed by atoms with Gasteiger partial charge in [-0.15, -0.1) is 0 Å². The van der Waals surface area contributed by atoms with Crippen LogP contribution in [0.2, 0.25) is 5.02 Å². The third kappa shape index (κ3) is 4.88. The number of carbonyl (C=O) groups excluding carboxylic acids is 3. The molecular weight excluding hydrogens is 494 g/mol. The van der Waals surface area contributed by atoms with E-state index in [1.54, 1.807) is 36.4 Å². The Balaban J connectivity index is 1.52. The van der Waals surface area contributed by atoms with E-state index in [1.807, 2.05) is 0 Å². The number of imide groups is 1. The maximum Gasteiger partial charge on any atom is 0.271 e. The van der Waals surface area contributed by atoms with E-state index < -0.39 is 22.6 Å². The quantitative estimate of drug-likeness (QED) is 0.208. The number of fused-ring (bicyclic) bond motifs is 1. The number of ether oxygens (including phenoxy) is 1. The van der Waals surface area contributed by atoms with E-state index in [1.165, 1.54) is 30.3 Å². The molecule has 11 heteroatoms. The molecule has 1 aliphatic heterocycles. The van der Waals surface area contributed by atoms with Gasteiger partial charge in [0, 0.05) is 22.7 Å². The molecule has 0 spiro atoms. The molecule has 0 radical (unpaired) electrons. The predicted octanol–water partition coefficient (Wildman–Crippen LogP) is 4.49. The molecule has 0 aliphatic carbocycles. The summed E-state index contributed by atoms with van der Waals surface area (Å²) in [6.07, 6.45) is 0. The third-order valence-corrected chi connectivity index (χ3v) is 5.75. The van der Waals surface area contributed by atoms with Crippen molar-refractivity contribution in [3.63, 3.8) is 0 Å². The molecule has 3 aromatic carbocycles. The van der Waals surface area contributed by atoms with Crippen molar-refractivity contribution >= 4 is 58.1 Å². The van der Waals surface area contributed by atoms with Crippen LogP contribution in [0.3, 0.4) is 0 Å². The SMILES string of the molecule is O=C1c2ccccc2C(=O)N1CCOC(=S)N(C(=O)c1cccc([N+](=O)[O-])c1)c1ccc(Cl)cc1. The molecule has 0 bridgehead atoms. The lowest BCUT2D eigenvalue weighted by atomic mass is 10.1. The van der Waals surface area contributed by atoms with Crippen molar-refractivity contribution in [2.45, 2.75) is 0 Å². The number of hydrogen-bond acceptors (Lipinski definition) is 7. The predicted molar refractivity (Wildman–Crippen MR) is 132 cm³/mol. The van der Waals surface area contributed by atoms with Crippen molar-refractivity contribution in [1.29, 1.82) is 0 Å². The first-order chi connectivity index (χ1) is 16.8. The van der Waals surface area contributed by atoms with Crippen LogP contribution in [0, 0.1) is 10.1 Å². The maximum absolute atomic E-state index is 13.3. The van der Waals surface area contributed by atoms with Crippen LogP contribution in [0.5, 0.6) is 0 Å². The van der Waals surface area contributed by atoms with Gasteiger partial charge in [-0.05, 0) is 54.7 Å². The van der Waals surface area contributed by atoms with Gasteiger partial charge in [-0.25, -0.2) is 4.90 Å². The van der Waals surface area contributed by atoms with Gasteiger partial charge in [0.25, 0.3) is 28.6 Å². The summed E-state index contributed by atoms with van der Waals surface area (Å²) in [4.78, 5) is 51.0. The number of carbonyl (C=O) groups is 3. The van der Waals surface area contributed by atoms with Gasteiger partial charge in [-0.1, -0.05) is 29.8 Å². The van der Waals surface area contributed by atoms with E-state index in [4.69, 9.17) is 28.6 Å². The Bertz CT molecular complexity index is 1330. The Morgan fingerprint density at radius 2 is 1.63 bits per heavy atom. The maximum atomic E-state index is 13.3. The zero-order valence-electron chi connectivity index (χ0n) is 17.9. The number of hydrogen-bond donors (Lipinski definition) is 0. The molecule has 0 aromatic heterocycles. The van der Waals surface area contributed by atoms with Crippen LogP contribution in [0.25, 0.3) is 0 Å². The number of nitro groups is 1. The molecule has 0 N–H and O–H groups in total. The second-order valence-corrected chi connectivity index (χ2v) is 8.13. The van der Waals surface area contributed by atoms with Crippen molar-refractivity contribution < 1.29 is 24.0 Å². The number of benzene rings is 3. The molecule has 3 aromatic rings. The molecule has 176 valence electrons. The molecule has 1 heterocycles. The first-order valence-corrected chi connectivity index (χ1v) is 11.0. The summed E-state index contributed by atoms with van der Waals surface area (Å²) in [7, 11) is 0. The Hall–Kier alpha value is -4.15. The standard InChI is InChI=1S/C24H16ClN3O6S/c25-16-8-10-17(11-9-16)27(21(29)15-4-3-5-18(14-15)28(32)33)24(35)34-13-12-26-22(30)19-6-1-2-7-20(19)23(26)31/h1-11,14H,12-13H2. The lowest BCUT2D eigenvalue weighted by Crippen LogP contribution is -2.39. The molecule has 35 heavy (non-hydrogen) atoms. The zero-order valence-corrected chi connectivity index (χ0v) is 19.5. The summed E-state index contributed by atoms with van der Waals surface area (Å²) < 4.78 is 5.59. The summed E-state index contributed by atoms with van der Waals surface area (Å²) in [6.45, 7) is -0.261. The molecule has 0 unspecified atom stereocenters. The average molecular weight is 510 g/mol. The normalized spacial score (nSPS) is 12.3. The van der Waals surface area contributed by atoms with E-state index in [9.17, 15) is 24.5 Å². The van der Waals surface area contributed by atoms with Crippen molar-refractivity contribution in [2.24, 2.45) is 0 Å². The molecule has 0 fully saturated rings. The molecule has 0 atom stereocenters. The lowest BCUT2D eigenvalue weighted by molar-refractivity contribution is -0.384. The zero-order chi connectivity index (χ0) is 25.1. The fourth-order valence-corrected chi connectivity index (χ4v) is 3.91. The highest BCUT2D eigenvalue weighted by Crippen LogP contribution is 2.24. The highest BCUT2D eigenvalue weighted by Gasteiger charge is 2.35. The monoisotopic (exact) mass is 509 g/mol. The Morgan fingerprint density at radius 1 is 1.00 bits per heavy atom. The highest BCUT2D eigenvalue weighted by molar-refractivity contribution is 7.80.